The quantitative estimate of drug-likeness (QED) is 0.725. The molecule has 0 aromatic heterocycles. The van der Waals surface area contributed by atoms with Crippen molar-refractivity contribution in [3.63, 3.8) is 0 Å². The number of amides is 1. The first kappa shape index (κ1) is 12.8. The van der Waals surface area contributed by atoms with Gasteiger partial charge in [0.25, 0.3) is 0 Å². The maximum Gasteiger partial charge on any atom is 0.227 e. The van der Waals surface area contributed by atoms with Gasteiger partial charge < -0.3 is 4.90 Å². The number of rotatable bonds is 1. The minimum Gasteiger partial charge on any atom is -0.334 e. The molecule has 18 heavy (non-hydrogen) atoms. The zero-order valence-corrected chi connectivity index (χ0v) is 12.5. The monoisotopic (exact) mass is 268 g/mol. The van der Waals surface area contributed by atoms with Crippen molar-refractivity contribution in [2.75, 3.05) is 24.6 Å². The van der Waals surface area contributed by atoms with Crippen LogP contribution in [0.3, 0.4) is 0 Å². The van der Waals surface area contributed by atoms with Crippen molar-refractivity contribution in [2.45, 2.75) is 51.2 Å². The standard InChI is InChI=1S/C14H24N2OS/c1-14(2,3)15-6-11-4-5-12(7-15)16(11)13(17)10-8-18-9-10/h10-12H,4-9H2,1-3H3. The lowest BCUT2D eigenvalue weighted by molar-refractivity contribution is -0.141. The number of likely N-dealkylation sites (tertiary alicyclic amines) is 1. The number of carbonyl (C=O) groups is 1. The largest absolute Gasteiger partial charge is 0.334 e. The van der Waals surface area contributed by atoms with E-state index in [-0.39, 0.29) is 5.54 Å². The molecule has 3 fully saturated rings. The maximum absolute atomic E-state index is 12.5. The predicted octanol–water partition coefficient (Wildman–Crippen LogP) is 1.82. The lowest BCUT2D eigenvalue weighted by Crippen LogP contribution is -2.61. The Morgan fingerprint density at radius 3 is 2.06 bits per heavy atom. The van der Waals surface area contributed by atoms with E-state index in [1.54, 1.807) is 0 Å². The van der Waals surface area contributed by atoms with E-state index in [0.29, 0.717) is 23.9 Å². The lowest BCUT2D eigenvalue weighted by Gasteiger charge is -2.48. The number of carbonyl (C=O) groups excluding carboxylic acids is 1. The maximum atomic E-state index is 12.5. The van der Waals surface area contributed by atoms with Crippen LogP contribution in [-0.2, 0) is 4.79 Å². The molecule has 2 bridgehead atoms. The summed E-state index contributed by atoms with van der Waals surface area (Å²) in [5.74, 6) is 2.89. The SMILES string of the molecule is CC(C)(C)N1CC2CCC(C1)N2C(=O)C1CSC1. The Morgan fingerprint density at radius 1 is 1.11 bits per heavy atom. The van der Waals surface area contributed by atoms with Gasteiger partial charge in [0.1, 0.15) is 0 Å². The van der Waals surface area contributed by atoms with Crippen molar-refractivity contribution in [1.29, 1.82) is 0 Å². The summed E-state index contributed by atoms with van der Waals surface area (Å²) >= 11 is 1.91. The molecule has 3 saturated heterocycles. The van der Waals surface area contributed by atoms with E-state index in [9.17, 15) is 4.79 Å². The molecule has 0 aromatic rings. The van der Waals surface area contributed by atoms with Crippen molar-refractivity contribution >= 4 is 17.7 Å². The fourth-order valence-electron chi connectivity index (χ4n) is 3.40. The van der Waals surface area contributed by atoms with E-state index >= 15 is 0 Å². The second kappa shape index (κ2) is 4.41. The summed E-state index contributed by atoms with van der Waals surface area (Å²) in [7, 11) is 0. The van der Waals surface area contributed by atoms with Gasteiger partial charge in [-0.1, -0.05) is 0 Å². The van der Waals surface area contributed by atoms with E-state index in [4.69, 9.17) is 0 Å². The molecule has 1 amide bonds. The molecule has 102 valence electrons. The van der Waals surface area contributed by atoms with Crippen molar-refractivity contribution in [3.05, 3.63) is 0 Å². The van der Waals surface area contributed by atoms with Crippen LogP contribution in [0.5, 0.6) is 0 Å². The van der Waals surface area contributed by atoms with Crippen LogP contribution in [0.2, 0.25) is 0 Å². The van der Waals surface area contributed by atoms with Crippen LogP contribution >= 0.6 is 11.8 Å². The van der Waals surface area contributed by atoms with Gasteiger partial charge in [0.2, 0.25) is 5.91 Å². The first-order valence-corrected chi connectivity index (χ1v) is 8.27. The van der Waals surface area contributed by atoms with Crippen LogP contribution < -0.4 is 0 Å². The number of thioether (sulfide) groups is 1. The van der Waals surface area contributed by atoms with Crippen LogP contribution in [0.15, 0.2) is 0 Å². The first-order valence-electron chi connectivity index (χ1n) is 7.12. The van der Waals surface area contributed by atoms with Gasteiger partial charge >= 0.3 is 0 Å². The van der Waals surface area contributed by atoms with Gasteiger partial charge in [-0.3, -0.25) is 9.69 Å². The normalized spacial score (nSPS) is 33.6. The topological polar surface area (TPSA) is 23.6 Å². The minimum atomic E-state index is 0.238. The fraction of sp³-hybridized carbons (Fsp3) is 0.929. The van der Waals surface area contributed by atoms with Crippen molar-refractivity contribution in [2.24, 2.45) is 5.92 Å². The molecule has 4 heteroatoms. The Hall–Kier alpha value is -0.220. The highest BCUT2D eigenvalue weighted by atomic mass is 32.2. The molecule has 0 N–H and O–H groups in total. The van der Waals surface area contributed by atoms with Crippen LogP contribution in [0.25, 0.3) is 0 Å². The molecule has 0 saturated carbocycles. The second-order valence-corrected chi connectivity index (χ2v) is 8.02. The molecular formula is C14H24N2OS. The molecule has 3 rings (SSSR count). The van der Waals surface area contributed by atoms with Crippen molar-refractivity contribution in [3.8, 4) is 0 Å². The fourth-order valence-corrected chi connectivity index (χ4v) is 4.16. The predicted molar refractivity (Wildman–Crippen MR) is 75.8 cm³/mol. The summed E-state index contributed by atoms with van der Waals surface area (Å²) in [5, 5.41) is 0. The summed E-state index contributed by atoms with van der Waals surface area (Å²) in [6.45, 7) is 9.00. The van der Waals surface area contributed by atoms with Crippen molar-refractivity contribution < 1.29 is 4.79 Å². The van der Waals surface area contributed by atoms with Crippen LogP contribution in [0.1, 0.15) is 33.6 Å². The van der Waals surface area contributed by atoms with Gasteiger partial charge in [0, 0.05) is 42.2 Å². The van der Waals surface area contributed by atoms with Crippen LogP contribution in [0, 0.1) is 5.92 Å². The summed E-state index contributed by atoms with van der Waals surface area (Å²) in [4.78, 5) is 17.3. The summed E-state index contributed by atoms with van der Waals surface area (Å²) in [5.41, 5.74) is 0.238. The molecule has 3 aliphatic rings. The Balaban J connectivity index is 1.71. The molecule has 0 aliphatic carbocycles. The summed E-state index contributed by atoms with van der Waals surface area (Å²) in [6, 6.07) is 0.974. The average Bonchev–Trinajstić information content (AvgIpc) is 2.45. The lowest BCUT2D eigenvalue weighted by atomic mass is 10.0. The molecule has 0 spiro atoms. The molecule has 3 nitrogen and oxygen atoms in total. The Morgan fingerprint density at radius 2 is 1.67 bits per heavy atom. The molecule has 2 unspecified atom stereocenters. The molecule has 3 aliphatic heterocycles. The highest BCUT2D eigenvalue weighted by molar-refractivity contribution is 8.00. The number of nitrogens with zero attached hydrogens (tertiary/aromatic N) is 2. The number of hydrogen-bond acceptors (Lipinski definition) is 3. The minimum absolute atomic E-state index is 0.238. The zero-order chi connectivity index (χ0) is 12.9. The van der Waals surface area contributed by atoms with Crippen LogP contribution in [-0.4, -0.2) is 57.9 Å². The number of fused-ring (bicyclic) bond motifs is 2. The van der Waals surface area contributed by atoms with E-state index in [1.165, 1.54) is 12.8 Å². The molecule has 0 radical (unpaired) electrons. The Labute approximate surface area is 114 Å². The van der Waals surface area contributed by atoms with Gasteiger partial charge in [-0.2, -0.15) is 11.8 Å². The average molecular weight is 268 g/mol. The smallest absolute Gasteiger partial charge is 0.227 e. The van der Waals surface area contributed by atoms with Crippen molar-refractivity contribution in [1.82, 2.24) is 9.80 Å². The Kier molecular flexibility index (Phi) is 3.14. The zero-order valence-electron chi connectivity index (χ0n) is 11.7. The number of piperazine rings is 1. The van der Waals surface area contributed by atoms with E-state index in [2.05, 4.69) is 30.6 Å². The van der Waals surface area contributed by atoms with Gasteiger partial charge in [-0.05, 0) is 33.6 Å². The summed E-state index contributed by atoms with van der Waals surface area (Å²) in [6.07, 6.45) is 2.42. The third-order valence-corrected chi connectivity index (χ3v) is 5.95. The molecule has 3 heterocycles. The molecule has 0 aromatic carbocycles. The van der Waals surface area contributed by atoms with E-state index in [0.717, 1.165) is 24.6 Å². The highest BCUT2D eigenvalue weighted by Crippen LogP contribution is 2.36. The first-order chi connectivity index (χ1) is 8.47. The van der Waals surface area contributed by atoms with E-state index < -0.39 is 0 Å². The third kappa shape index (κ3) is 2.07. The van der Waals surface area contributed by atoms with Gasteiger partial charge in [-0.15, -0.1) is 0 Å². The summed E-state index contributed by atoms with van der Waals surface area (Å²) < 4.78 is 0. The van der Waals surface area contributed by atoms with Gasteiger partial charge in [-0.25, -0.2) is 0 Å². The highest BCUT2D eigenvalue weighted by Gasteiger charge is 2.46. The van der Waals surface area contributed by atoms with E-state index in [1.807, 2.05) is 11.8 Å². The van der Waals surface area contributed by atoms with Gasteiger partial charge in [0.05, 0.1) is 5.92 Å². The number of hydrogen-bond donors (Lipinski definition) is 0. The van der Waals surface area contributed by atoms with Crippen LogP contribution in [0.4, 0.5) is 0 Å². The second-order valence-electron chi connectivity index (χ2n) is 6.94. The molecule has 2 atom stereocenters. The van der Waals surface area contributed by atoms with Gasteiger partial charge in [0.15, 0.2) is 0 Å². The Bertz CT molecular complexity index is 334. The molecular weight excluding hydrogens is 244 g/mol. The third-order valence-electron chi connectivity index (χ3n) is 4.67.